The van der Waals surface area contributed by atoms with E-state index in [1.54, 1.807) is 0 Å². The summed E-state index contributed by atoms with van der Waals surface area (Å²) in [6, 6.07) is 4.17. The van der Waals surface area contributed by atoms with Crippen molar-refractivity contribution in [1.29, 1.82) is 0 Å². The fraction of sp³-hybridized carbons (Fsp3) is 0.500. The summed E-state index contributed by atoms with van der Waals surface area (Å²) in [5.74, 6) is 0.654. The Morgan fingerprint density at radius 1 is 1.47 bits per heavy atom. The predicted molar refractivity (Wildman–Crippen MR) is 70.0 cm³/mol. The molecule has 1 fully saturated rings. The lowest BCUT2D eigenvalue weighted by Crippen LogP contribution is -2.12. The molecule has 2 aromatic heterocycles. The monoisotopic (exact) mass is 294 g/mol. The standard InChI is InChI=1S/C12H15BrN4/c1-14-7-10-12(13)17-11(15-10)6-5-9(16-17)8-3-2-4-8/h5-6,8,14H,2-4,7H2,1H3. The third kappa shape index (κ3) is 1.87. The number of halogens is 1. The maximum Gasteiger partial charge on any atom is 0.155 e. The summed E-state index contributed by atoms with van der Waals surface area (Å²) >= 11 is 3.57. The van der Waals surface area contributed by atoms with Gasteiger partial charge in [-0.05, 0) is 48.0 Å². The van der Waals surface area contributed by atoms with E-state index in [-0.39, 0.29) is 0 Å². The molecule has 90 valence electrons. The van der Waals surface area contributed by atoms with Crippen LogP contribution in [0.4, 0.5) is 0 Å². The molecule has 1 saturated carbocycles. The van der Waals surface area contributed by atoms with Crippen LogP contribution >= 0.6 is 15.9 Å². The summed E-state index contributed by atoms with van der Waals surface area (Å²) in [6.45, 7) is 0.753. The molecule has 0 bridgehead atoms. The van der Waals surface area contributed by atoms with Crippen molar-refractivity contribution in [3.63, 3.8) is 0 Å². The number of hydrogen-bond donors (Lipinski definition) is 1. The first kappa shape index (κ1) is 11.2. The van der Waals surface area contributed by atoms with Gasteiger partial charge in [-0.3, -0.25) is 0 Å². The van der Waals surface area contributed by atoms with E-state index in [9.17, 15) is 0 Å². The summed E-state index contributed by atoms with van der Waals surface area (Å²) in [6.07, 6.45) is 3.88. The highest BCUT2D eigenvalue weighted by Crippen LogP contribution is 2.35. The van der Waals surface area contributed by atoms with Crippen molar-refractivity contribution in [3.05, 3.63) is 28.1 Å². The minimum absolute atomic E-state index is 0.654. The van der Waals surface area contributed by atoms with Crippen LogP contribution < -0.4 is 5.32 Å². The fourth-order valence-electron chi connectivity index (χ4n) is 2.17. The van der Waals surface area contributed by atoms with E-state index in [4.69, 9.17) is 0 Å². The number of aromatic nitrogens is 3. The topological polar surface area (TPSA) is 42.2 Å². The average Bonchev–Trinajstić information content (AvgIpc) is 2.55. The van der Waals surface area contributed by atoms with Crippen LogP contribution in [0.5, 0.6) is 0 Å². The van der Waals surface area contributed by atoms with E-state index < -0.39 is 0 Å². The predicted octanol–water partition coefficient (Wildman–Crippen LogP) is 2.48. The summed E-state index contributed by atoms with van der Waals surface area (Å²) in [4.78, 5) is 4.54. The summed E-state index contributed by atoms with van der Waals surface area (Å²) in [7, 11) is 1.92. The van der Waals surface area contributed by atoms with Crippen LogP contribution in [0.1, 0.15) is 36.6 Å². The number of nitrogens with one attached hydrogen (secondary N) is 1. The Morgan fingerprint density at radius 2 is 2.29 bits per heavy atom. The Balaban J connectivity index is 2.05. The number of nitrogens with zero attached hydrogens (tertiary/aromatic N) is 3. The van der Waals surface area contributed by atoms with E-state index in [1.165, 1.54) is 25.0 Å². The van der Waals surface area contributed by atoms with Crippen molar-refractivity contribution < 1.29 is 0 Å². The van der Waals surface area contributed by atoms with Gasteiger partial charge in [0.2, 0.25) is 0 Å². The van der Waals surface area contributed by atoms with E-state index in [0.717, 1.165) is 22.5 Å². The van der Waals surface area contributed by atoms with Crippen LogP contribution in [-0.2, 0) is 6.54 Å². The summed E-state index contributed by atoms with van der Waals surface area (Å²) in [5.41, 5.74) is 3.11. The Morgan fingerprint density at radius 3 is 2.94 bits per heavy atom. The highest BCUT2D eigenvalue weighted by Gasteiger charge is 2.22. The first-order valence-electron chi connectivity index (χ1n) is 5.98. The van der Waals surface area contributed by atoms with Crippen molar-refractivity contribution in [2.75, 3.05) is 7.05 Å². The lowest BCUT2D eigenvalue weighted by atomic mass is 9.83. The minimum Gasteiger partial charge on any atom is -0.314 e. The molecular formula is C12H15BrN4. The second kappa shape index (κ2) is 4.38. The van der Waals surface area contributed by atoms with Gasteiger partial charge in [0.05, 0.1) is 11.4 Å². The van der Waals surface area contributed by atoms with Crippen LogP contribution in [0.15, 0.2) is 16.7 Å². The molecule has 1 aliphatic rings. The zero-order valence-electron chi connectivity index (χ0n) is 9.78. The molecule has 1 aliphatic carbocycles. The van der Waals surface area contributed by atoms with Crippen LogP contribution in [-0.4, -0.2) is 21.6 Å². The van der Waals surface area contributed by atoms with Gasteiger partial charge in [-0.1, -0.05) is 6.42 Å². The van der Waals surface area contributed by atoms with Gasteiger partial charge in [0, 0.05) is 12.5 Å². The smallest absolute Gasteiger partial charge is 0.155 e. The van der Waals surface area contributed by atoms with Crippen LogP contribution in [0.3, 0.4) is 0 Å². The zero-order chi connectivity index (χ0) is 11.8. The fourth-order valence-corrected chi connectivity index (χ4v) is 2.66. The molecule has 4 nitrogen and oxygen atoms in total. The normalized spacial score (nSPS) is 16.4. The molecule has 0 spiro atoms. The maximum atomic E-state index is 4.68. The first-order chi connectivity index (χ1) is 8.29. The van der Waals surface area contributed by atoms with Crippen molar-refractivity contribution in [2.24, 2.45) is 0 Å². The number of rotatable bonds is 3. The molecule has 2 heterocycles. The molecule has 0 radical (unpaired) electrons. The minimum atomic E-state index is 0.654. The number of imidazole rings is 1. The average molecular weight is 295 g/mol. The molecule has 0 aromatic carbocycles. The molecule has 0 aliphatic heterocycles. The van der Waals surface area contributed by atoms with Crippen molar-refractivity contribution in [3.8, 4) is 0 Å². The third-order valence-electron chi connectivity index (χ3n) is 3.38. The second-order valence-electron chi connectivity index (χ2n) is 4.54. The number of fused-ring (bicyclic) bond motifs is 1. The second-order valence-corrected chi connectivity index (χ2v) is 5.29. The largest absolute Gasteiger partial charge is 0.314 e. The molecule has 0 atom stereocenters. The molecule has 17 heavy (non-hydrogen) atoms. The molecule has 2 aromatic rings. The van der Waals surface area contributed by atoms with Gasteiger partial charge in [0.25, 0.3) is 0 Å². The Hall–Kier alpha value is -0.940. The molecule has 1 N–H and O–H groups in total. The molecular weight excluding hydrogens is 280 g/mol. The van der Waals surface area contributed by atoms with E-state index in [0.29, 0.717) is 5.92 Å². The Labute approximate surface area is 109 Å². The van der Waals surface area contributed by atoms with E-state index in [1.807, 2.05) is 11.6 Å². The van der Waals surface area contributed by atoms with E-state index in [2.05, 4.69) is 43.5 Å². The molecule has 0 unspecified atom stereocenters. The van der Waals surface area contributed by atoms with Gasteiger partial charge >= 0.3 is 0 Å². The summed E-state index contributed by atoms with van der Waals surface area (Å²) < 4.78 is 2.86. The van der Waals surface area contributed by atoms with Crippen molar-refractivity contribution in [2.45, 2.75) is 31.7 Å². The van der Waals surface area contributed by atoms with Gasteiger partial charge in [-0.2, -0.15) is 5.10 Å². The zero-order valence-corrected chi connectivity index (χ0v) is 11.4. The Bertz CT molecular complexity index is 545. The van der Waals surface area contributed by atoms with Crippen LogP contribution in [0, 0.1) is 0 Å². The van der Waals surface area contributed by atoms with Crippen molar-refractivity contribution in [1.82, 2.24) is 19.9 Å². The first-order valence-corrected chi connectivity index (χ1v) is 6.77. The maximum absolute atomic E-state index is 4.68. The van der Waals surface area contributed by atoms with Gasteiger partial charge in [-0.15, -0.1) is 0 Å². The van der Waals surface area contributed by atoms with Gasteiger partial charge in [0.15, 0.2) is 5.65 Å². The number of hydrogen-bond acceptors (Lipinski definition) is 3. The molecule has 0 saturated heterocycles. The van der Waals surface area contributed by atoms with Gasteiger partial charge in [0.1, 0.15) is 4.60 Å². The Kier molecular flexibility index (Phi) is 2.88. The third-order valence-corrected chi connectivity index (χ3v) is 4.17. The van der Waals surface area contributed by atoms with Crippen LogP contribution in [0.2, 0.25) is 0 Å². The highest BCUT2D eigenvalue weighted by atomic mass is 79.9. The van der Waals surface area contributed by atoms with Crippen molar-refractivity contribution >= 4 is 21.6 Å². The molecule has 3 rings (SSSR count). The summed E-state index contributed by atoms with van der Waals surface area (Å²) in [5, 5.41) is 7.79. The quantitative estimate of drug-likeness (QED) is 0.946. The van der Waals surface area contributed by atoms with Gasteiger partial charge < -0.3 is 5.32 Å². The van der Waals surface area contributed by atoms with E-state index >= 15 is 0 Å². The lowest BCUT2D eigenvalue weighted by molar-refractivity contribution is 0.406. The molecule has 5 heteroatoms. The van der Waals surface area contributed by atoms with Gasteiger partial charge in [-0.25, -0.2) is 9.50 Å². The lowest BCUT2D eigenvalue weighted by Gasteiger charge is -2.24. The highest BCUT2D eigenvalue weighted by molar-refractivity contribution is 9.10. The van der Waals surface area contributed by atoms with Crippen LogP contribution in [0.25, 0.3) is 5.65 Å². The SMILES string of the molecule is CNCc1nc2ccc(C3CCC3)nn2c1Br. The molecule has 0 amide bonds.